The molecule has 1 aliphatic rings. The molecular formula is C24H27N5O4. The van der Waals surface area contributed by atoms with Crippen molar-refractivity contribution >= 4 is 11.8 Å². The molecule has 2 aromatic heterocycles. The van der Waals surface area contributed by atoms with Crippen molar-refractivity contribution in [2.24, 2.45) is 0 Å². The van der Waals surface area contributed by atoms with E-state index >= 15 is 0 Å². The summed E-state index contributed by atoms with van der Waals surface area (Å²) in [5.74, 6) is 0.283. The maximum absolute atomic E-state index is 13.1. The second-order valence-electron chi connectivity index (χ2n) is 8.00. The lowest BCUT2D eigenvalue weighted by molar-refractivity contribution is -0.132. The van der Waals surface area contributed by atoms with E-state index in [1.165, 1.54) is 4.90 Å². The van der Waals surface area contributed by atoms with Crippen molar-refractivity contribution in [1.82, 2.24) is 25.0 Å². The van der Waals surface area contributed by atoms with E-state index in [1.54, 1.807) is 24.3 Å². The molecule has 3 heterocycles. The monoisotopic (exact) mass is 449 g/mol. The van der Waals surface area contributed by atoms with E-state index in [0.717, 1.165) is 22.7 Å². The number of pyridine rings is 1. The van der Waals surface area contributed by atoms with Crippen molar-refractivity contribution < 1.29 is 19.1 Å². The Morgan fingerprint density at radius 3 is 2.79 bits per heavy atom. The minimum absolute atomic E-state index is 0.0450. The number of hydrogen-bond donors (Lipinski definition) is 1. The topological polar surface area (TPSA) is 101 Å². The molecule has 3 aromatic rings. The number of benzene rings is 1. The van der Waals surface area contributed by atoms with Crippen LogP contribution in [-0.2, 0) is 22.7 Å². The molecule has 1 aromatic carbocycles. The van der Waals surface area contributed by atoms with Crippen molar-refractivity contribution in [1.29, 1.82) is 0 Å². The van der Waals surface area contributed by atoms with Crippen LogP contribution in [0.3, 0.4) is 0 Å². The summed E-state index contributed by atoms with van der Waals surface area (Å²) in [6, 6.07) is 14.9. The number of rotatable bonds is 7. The molecule has 1 aliphatic heterocycles. The number of carbonyl (C=O) groups is 2. The van der Waals surface area contributed by atoms with Gasteiger partial charge in [-0.1, -0.05) is 18.2 Å². The molecule has 1 atom stereocenters. The Morgan fingerprint density at radius 1 is 1.18 bits per heavy atom. The Bertz CT molecular complexity index is 1100. The van der Waals surface area contributed by atoms with Gasteiger partial charge in [0.25, 0.3) is 5.91 Å². The number of nitrogens with one attached hydrogen (secondary N) is 1. The summed E-state index contributed by atoms with van der Waals surface area (Å²) in [4.78, 5) is 33.7. The van der Waals surface area contributed by atoms with Crippen molar-refractivity contribution in [2.45, 2.75) is 26.2 Å². The smallest absolute Gasteiger partial charge is 0.274 e. The van der Waals surface area contributed by atoms with Crippen molar-refractivity contribution in [3.05, 3.63) is 77.4 Å². The predicted molar refractivity (Wildman–Crippen MR) is 120 cm³/mol. The summed E-state index contributed by atoms with van der Waals surface area (Å²) in [6.45, 7) is 3.09. The first-order valence-electron chi connectivity index (χ1n) is 10.8. The molecule has 172 valence electrons. The van der Waals surface area contributed by atoms with Crippen LogP contribution in [0.2, 0.25) is 0 Å². The number of aryl methyl sites for hydroxylation is 1. The number of nitrogens with zero attached hydrogens (tertiary/aromatic N) is 4. The van der Waals surface area contributed by atoms with Crippen molar-refractivity contribution in [3.63, 3.8) is 0 Å². The number of aromatic amines is 1. The third kappa shape index (κ3) is 5.75. The summed E-state index contributed by atoms with van der Waals surface area (Å²) in [7, 11) is 1.62. The highest BCUT2D eigenvalue weighted by Crippen LogP contribution is 2.17. The summed E-state index contributed by atoms with van der Waals surface area (Å²) >= 11 is 0. The fourth-order valence-corrected chi connectivity index (χ4v) is 3.74. The van der Waals surface area contributed by atoms with E-state index < -0.39 is 0 Å². The molecule has 0 bridgehead atoms. The molecule has 0 radical (unpaired) electrons. The van der Waals surface area contributed by atoms with Gasteiger partial charge < -0.3 is 19.3 Å². The maximum atomic E-state index is 13.1. The molecule has 1 N–H and O–H groups in total. The molecule has 2 amide bonds. The zero-order chi connectivity index (χ0) is 23.2. The lowest BCUT2D eigenvalue weighted by Crippen LogP contribution is -2.39. The number of methoxy groups -OCH3 is 1. The van der Waals surface area contributed by atoms with Gasteiger partial charge in [-0.3, -0.25) is 19.7 Å². The largest absolute Gasteiger partial charge is 0.497 e. The first kappa shape index (κ1) is 22.5. The van der Waals surface area contributed by atoms with Gasteiger partial charge >= 0.3 is 0 Å². The normalized spacial score (nSPS) is 16.5. The highest BCUT2D eigenvalue weighted by Gasteiger charge is 2.32. The lowest BCUT2D eigenvalue weighted by Gasteiger charge is -2.24. The van der Waals surface area contributed by atoms with Gasteiger partial charge in [-0.05, 0) is 42.8 Å². The zero-order valence-electron chi connectivity index (χ0n) is 18.7. The van der Waals surface area contributed by atoms with E-state index in [2.05, 4.69) is 15.2 Å². The quantitative estimate of drug-likeness (QED) is 0.594. The van der Waals surface area contributed by atoms with E-state index in [4.69, 9.17) is 9.47 Å². The molecule has 1 fully saturated rings. The summed E-state index contributed by atoms with van der Waals surface area (Å²) in [6.07, 6.45) is 1.32. The van der Waals surface area contributed by atoms with Crippen LogP contribution in [0, 0.1) is 6.92 Å². The molecule has 0 saturated carbocycles. The standard InChI is InChI=1S/C24H27N5O4/c1-17-10-22(27-26-17)24(31)29-14-21(33-16-18-6-5-8-20(11-18)32-2)13-28(23(30)15-29)12-19-7-3-4-9-25-19/h3-11,21H,12-16H2,1-2H3,(H,26,27). The van der Waals surface area contributed by atoms with Gasteiger partial charge in [-0.15, -0.1) is 0 Å². The van der Waals surface area contributed by atoms with Gasteiger partial charge in [-0.2, -0.15) is 5.10 Å². The number of H-pyrrole nitrogens is 1. The van der Waals surface area contributed by atoms with Crippen LogP contribution >= 0.6 is 0 Å². The van der Waals surface area contributed by atoms with Gasteiger partial charge in [0, 0.05) is 25.0 Å². The minimum Gasteiger partial charge on any atom is -0.497 e. The Hall–Kier alpha value is -3.72. The van der Waals surface area contributed by atoms with E-state index in [0.29, 0.717) is 19.7 Å². The molecule has 9 nitrogen and oxygen atoms in total. The SMILES string of the molecule is COc1cccc(COC2CN(Cc3ccccn3)C(=O)CN(C(=O)c3cc(C)[nH]n3)C2)c1. The second-order valence-corrected chi connectivity index (χ2v) is 8.00. The van der Waals surface area contributed by atoms with Crippen LogP contribution in [0.15, 0.2) is 54.7 Å². The average Bonchev–Trinajstić information content (AvgIpc) is 3.21. The fraction of sp³-hybridized carbons (Fsp3) is 0.333. The molecule has 1 saturated heterocycles. The van der Waals surface area contributed by atoms with E-state index in [1.807, 2.05) is 49.4 Å². The average molecular weight is 450 g/mol. The summed E-state index contributed by atoms with van der Waals surface area (Å²) < 4.78 is 11.5. The van der Waals surface area contributed by atoms with Crippen LogP contribution in [0.25, 0.3) is 0 Å². The summed E-state index contributed by atoms with van der Waals surface area (Å²) in [5, 5.41) is 6.85. The number of carbonyl (C=O) groups excluding carboxylic acids is 2. The van der Waals surface area contributed by atoms with Crippen LogP contribution < -0.4 is 4.74 Å². The van der Waals surface area contributed by atoms with Gasteiger partial charge in [0.05, 0.1) is 32.1 Å². The molecular weight excluding hydrogens is 422 g/mol. The first-order valence-corrected chi connectivity index (χ1v) is 10.8. The number of hydrogen-bond acceptors (Lipinski definition) is 6. The molecule has 1 unspecified atom stereocenters. The molecule has 33 heavy (non-hydrogen) atoms. The maximum Gasteiger partial charge on any atom is 0.274 e. The highest BCUT2D eigenvalue weighted by molar-refractivity contribution is 5.95. The van der Waals surface area contributed by atoms with Gasteiger partial charge in [0.1, 0.15) is 18.0 Å². The van der Waals surface area contributed by atoms with E-state index in [-0.39, 0.29) is 36.7 Å². The number of ether oxygens (including phenoxy) is 2. The Kier molecular flexibility index (Phi) is 6.99. The predicted octanol–water partition coefficient (Wildman–Crippen LogP) is 2.19. The second kappa shape index (κ2) is 10.3. The van der Waals surface area contributed by atoms with Crippen molar-refractivity contribution in [3.8, 4) is 5.75 Å². The Balaban J connectivity index is 1.53. The Morgan fingerprint density at radius 2 is 2.06 bits per heavy atom. The lowest BCUT2D eigenvalue weighted by atomic mass is 10.2. The summed E-state index contributed by atoms with van der Waals surface area (Å²) in [5.41, 5.74) is 2.79. The van der Waals surface area contributed by atoms with Crippen LogP contribution in [0.1, 0.15) is 27.4 Å². The number of aromatic nitrogens is 3. The third-order valence-electron chi connectivity index (χ3n) is 5.44. The third-order valence-corrected chi connectivity index (χ3v) is 5.44. The number of amides is 2. The van der Waals surface area contributed by atoms with Gasteiger partial charge in [0.15, 0.2) is 0 Å². The Labute approximate surface area is 192 Å². The molecule has 0 aliphatic carbocycles. The fourth-order valence-electron chi connectivity index (χ4n) is 3.74. The molecule has 4 rings (SSSR count). The highest BCUT2D eigenvalue weighted by atomic mass is 16.5. The van der Waals surface area contributed by atoms with Crippen molar-refractivity contribution in [2.75, 3.05) is 26.7 Å². The van der Waals surface area contributed by atoms with Crippen LogP contribution in [-0.4, -0.2) is 69.6 Å². The molecule has 0 spiro atoms. The zero-order valence-corrected chi connectivity index (χ0v) is 18.7. The van der Waals surface area contributed by atoms with Gasteiger partial charge in [0.2, 0.25) is 5.91 Å². The first-order chi connectivity index (χ1) is 16.0. The molecule has 9 heteroatoms. The van der Waals surface area contributed by atoms with Crippen LogP contribution in [0.5, 0.6) is 5.75 Å². The van der Waals surface area contributed by atoms with Gasteiger partial charge in [-0.25, -0.2) is 0 Å². The minimum atomic E-state index is -0.379. The van der Waals surface area contributed by atoms with Crippen LogP contribution in [0.4, 0.5) is 0 Å². The van der Waals surface area contributed by atoms with E-state index in [9.17, 15) is 9.59 Å².